The molecule has 7 heteroatoms. The van der Waals surface area contributed by atoms with Crippen molar-refractivity contribution in [2.45, 2.75) is 6.42 Å². The third-order valence-corrected chi connectivity index (χ3v) is 2.44. The molecule has 7 nitrogen and oxygen atoms in total. The van der Waals surface area contributed by atoms with Crippen LogP contribution in [0.3, 0.4) is 0 Å². The van der Waals surface area contributed by atoms with Gasteiger partial charge in [-0.05, 0) is 22.6 Å². The van der Waals surface area contributed by atoms with Gasteiger partial charge < -0.3 is 0 Å². The first-order valence-corrected chi connectivity index (χ1v) is 5.02. The Kier molecular flexibility index (Phi) is 2.14. The first kappa shape index (κ1) is 9.64. The number of carbonyl (C=O) groups is 1. The summed E-state index contributed by atoms with van der Waals surface area (Å²) in [6.45, 7) is 0. The number of nitrogens with zero attached hydrogens (tertiary/aromatic N) is 5. The minimum absolute atomic E-state index is 0.0900. The molecule has 1 aromatic heterocycles. The highest BCUT2D eigenvalue weighted by Crippen LogP contribution is 2.13. The molecule has 0 unspecified atom stereocenters. The zero-order valence-electron chi connectivity index (χ0n) is 8.74. The second kappa shape index (κ2) is 3.78. The Bertz CT molecular complexity index is 589. The van der Waals surface area contributed by atoms with E-state index in [4.69, 9.17) is 0 Å². The molecular formula is C10H8N6O. The van der Waals surface area contributed by atoms with Crippen LogP contribution in [-0.4, -0.2) is 31.8 Å². The third kappa shape index (κ3) is 1.78. The van der Waals surface area contributed by atoms with Crippen LogP contribution in [0.25, 0.3) is 5.69 Å². The molecule has 0 bridgehead atoms. The average molecular weight is 228 g/mol. The summed E-state index contributed by atoms with van der Waals surface area (Å²) in [5.74, 6) is -0.0900. The number of rotatable bonds is 2. The Labute approximate surface area is 96.1 Å². The fraction of sp³-hybridized carbons (Fsp3) is 0.100. The zero-order valence-corrected chi connectivity index (χ0v) is 8.74. The lowest BCUT2D eigenvalue weighted by molar-refractivity contribution is -0.119. The smallest absolute Gasteiger partial charge is 0.246 e. The molecule has 2 heterocycles. The molecule has 0 aliphatic carbocycles. The van der Waals surface area contributed by atoms with Crippen LogP contribution in [0.2, 0.25) is 0 Å². The van der Waals surface area contributed by atoms with Crippen molar-refractivity contribution in [3.8, 4) is 5.69 Å². The van der Waals surface area contributed by atoms with Crippen LogP contribution in [0.1, 0.15) is 12.0 Å². The lowest BCUT2D eigenvalue weighted by Gasteiger charge is -2.02. The molecule has 0 saturated carbocycles. The third-order valence-electron chi connectivity index (χ3n) is 2.44. The maximum Gasteiger partial charge on any atom is 0.246 e. The molecule has 1 aliphatic rings. The molecule has 2 aromatic rings. The minimum Gasteiger partial charge on any atom is -0.273 e. The Hall–Kier alpha value is -2.57. The van der Waals surface area contributed by atoms with Crippen molar-refractivity contribution >= 4 is 11.6 Å². The number of hydrogen-bond donors (Lipinski definition) is 1. The van der Waals surface area contributed by atoms with Gasteiger partial charge in [0.05, 0.1) is 17.8 Å². The summed E-state index contributed by atoms with van der Waals surface area (Å²) in [5.41, 5.74) is 4.86. The van der Waals surface area contributed by atoms with Crippen LogP contribution in [0.5, 0.6) is 0 Å². The number of aromatic nitrogens is 4. The van der Waals surface area contributed by atoms with E-state index in [1.165, 1.54) is 6.33 Å². The molecule has 0 spiro atoms. The summed E-state index contributed by atoms with van der Waals surface area (Å²) in [6.07, 6.45) is 1.82. The highest BCUT2D eigenvalue weighted by molar-refractivity contribution is 6.13. The standard InChI is InChI=1S/C10H8N6O/c17-10-5-9(12-13-10)7-2-1-3-8(4-7)16-6-11-14-15-16/h1-4,6H,5H2,(H,13,17). The molecule has 0 radical (unpaired) electrons. The summed E-state index contributed by atoms with van der Waals surface area (Å²) in [5, 5.41) is 14.9. The molecule has 17 heavy (non-hydrogen) atoms. The van der Waals surface area contributed by atoms with E-state index in [1.54, 1.807) is 4.68 Å². The molecule has 1 aromatic carbocycles. The quantitative estimate of drug-likeness (QED) is 0.776. The van der Waals surface area contributed by atoms with Gasteiger partial charge in [0.2, 0.25) is 5.91 Å². The van der Waals surface area contributed by atoms with Gasteiger partial charge >= 0.3 is 0 Å². The van der Waals surface area contributed by atoms with Crippen LogP contribution in [0, 0.1) is 0 Å². The van der Waals surface area contributed by atoms with E-state index in [1.807, 2.05) is 24.3 Å². The highest BCUT2D eigenvalue weighted by atomic mass is 16.2. The number of amides is 1. The van der Waals surface area contributed by atoms with Crippen LogP contribution >= 0.6 is 0 Å². The number of hydrazone groups is 1. The van der Waals surface area contributed by atoms with E-state index in [0.29, 0.717) is 6.42 Å². The van der Waals surface area contributed by atoms with Gasteiger partial charge in [0.25, 0.3) is 0 Å². The maximum absolute atomic E-state index is 11.1. The predicted molar refractivity (Wildman–Crippen MR) is 58.5 cm³/mol. The molecule has 84 valence electrons. The summed E-state index contributed by atoms with van der Waals surface area (Å²) >= 11 is 0. The Morgan fingerprint density at radius 2 is 2.29 bits per heavy atom. The van der Waals surface area contributed by atoms with Crippen LogP contribution in [-0.2, 0) is 4.79 Å². The Balaban J connectivity index is 1.97. The number of benzene rings is 1. The molecule has 1 aliphatic heterocycles. The van der Waals surface area contributed by atoms with Crippen LogP contribution < -0.4 is 5.43 Å². The fourth-order valence-electron chi connectivity index (χ4n) is 1.64. The summed E-state index contributed by atoms with van der Waals surface area (Å²) < 4.78 is 1.55. The molecule has 3 rings (SSSR count). The van der Waals surface area contributed by atoms with Crippen molar-refractivity contribution in [2.75, 3.05) is 0 Å². The Morgan fingerprint density at radius 3 is 3.00 bits per heavy atom. The van der Waals surface area contributed by atoms with E-state index in [2.05, 4.69) is 26.1 Å². The maximum atomic E-state index is 11.1. The fourth-order valence-corrected chi connectivity index (χ4v) is 1.64. The molecule has 1 N–H and O–H groups in total. The number of carbonyl (C=O) groups excluding carboxylic acids is 1. The van der Waals surface area contributed by atoms with Crippen molar-refractivity contribution in [2.24, 2.45) is 5.10 Å². The Morgan fingerprint density at radius 1 is 1.35 bits per heavy atom. The molecule has 1 amide bonds. The van der Waals surface area contributed by atoms with E-state index in [9.17, 15) is 4.79 Å². The number of tetrazole rings is 1. The second-order valence-corrected chi connectivity index (χ2v) is 3.57. The van der Waals surface area contributed by atoms with Gasteiger partial charge in [-0.2, -0.15) is 5.10 Å². The highest BCUT2D eigenvalue weighted by Gasteiger charge is 2.16. The van der Waals surface area contributed by atoms with Crippen molar-refractivity contribution < 1.29 is 4.79 Å². The zero-order chi connectivity index (χ0) is 11.7. The predicted octanol–water partition coefficient (Wildman–Crippen LogP) is -0.114. The van der Waals surface area contributed by atoms with Gasteiger partial charge in [0, 0.05) is 5.56 Å². The second-order valence-electron chi connectivity index (χ2n) is 3.57. The van der Waals surface area contributed by atoms with Gasteiger partial charge in [-0.1, -0.05) is 12.1 Å². The summed E-state index contributed by atoms with van der Waals surface area (Å²) in [4.78, 5) is 11.1. The molecular weight excluding hydrogens is 220 g/mol. The molecule has 0 saturated heterocycles. The van der Waals surface area contributed by atoms with Crippen LogP contribution in [0.4, 0.5) is 0 Å². The SMILES string of the molecule is O=C1CC(c2cccc(-n3cnnn3)c2)=NN1. The lowest BCUT2D eigenvalue weighted by atomic mass is 10.1. The van der Waals surface area contributed by atoms with Crippen molar-refractivity contribution in [1.29, 1.82) is 0 Å². The average Bonchev–Trinajstić information content (AvgIpc) is 3.00. The summed E-state index contributed by atoms with van der Waals surface area (Å²) in [6, 6.07) is 7.53. The number of hydrogen-bond acceptors (Lipinski definition) is 5. The number of nitrogens with one attached hydrogen (secondary N) is 1. The van der Waals surface area contributed by atoms with Crippen molar-refractivity contribution in [1.82, 2.24) is 25.6 Å². The normalized spacial score (nSPS) is 14.6. The minimum atomic E-state index is -0.0900. The van der Waals surface area contributed by atoms with Crippen LogP contribution in [0.15, 0.2) is 35.7 Å². The van der Waals surface area contributed by atoms with Gasteiger partial charge in [0.15, 0.2) is 0 Å². The van der Waals surface area contributed by atoms with Crippen molar-refractivity contribution in [3.05, 3.63) is 36.2 Å². The molecule has 0 atom stereocenters. The van der Waals surface area contributed by atoms with Gasteiger partial charge in [-0.15, -0.1) is 5.10 Å². The monoisotopic (exact) mass is 228 g/mol. The van der Waals surface area contributed by atoms with E-state index < -0.39 is 0 Å². The topological polar surface area (TPSA) is 85.1 Å². The van der Waals surface area contributed by atoms with Gasteiger partial charge in [-0.3, -0.25) is 4.79 Å². The largest absolute Gasteiger partial charge is 0.273 e. The van der Waals surface area contributed by atoms with E-state index >= 15 is 0 Å². The summed E-state index contributed by atoms with van der Waals surface area (Å²) in [7, 11) is 0. The lowest BCUT2D eigenvalue weighted by Crippen LogP contribution is -2.09. The van der Waals surface area contributed by atoms with Crippen molar-refractivity contribution in [3.63, 3.8) is 0 Å². The van der Waals surface area contributed by atoms with Gasteiger partial charge in [0.1, 0.15) is 6.33 Å². The molecule has 0 fully saturated rings. The first-order chi connectivity index (χ1) is 8.33. The first-order valence-electron chi connectivity index (χ1n) is 5.02. The van der Waals surface area contributed by atoms with E-state index in [0.717, 1.165) is 17.0 Å². The van der Waals surface area contributed by atoms with E-state index in [-0.39, 0.29) is 5.91 Å². The van der Waals surface area contributed by atoms with Gasteiger partial charge in [-0.25, -0.2) is 10.1 Å².